The van der Waals surface area contributed by atoms with Crippen LogP contribution >= 0.6 is 0 Å². The Kier molecular flexibility index (Phi) is 9.84. The molecule has 2 nitrogen and oxygen atoms in total. The number of rotatable bonds is 8. The van der Waals surface area contributed by atoms with Crippen LogP contribution in [-0.4, -0.2) is 12.5 Å². The van der Waals surface area contributed by atoms with Crippen molar-refractivity contribution in [1.29, 1.82) is 0 Å². The van der Waals surface area contributed by atoms with Crippen molar-refractivity contribution in [2.75, 3.05) is 6.54 Å². The van der Waals surface area contributed by atoms with Crippen LogP contribution in [0.3, 0.4) is 0 Å². The van der Waals surface area contributed by atoms with Crippen molar-refractivity contribution in [1.82, 2.24) is 5.32 Å². The third-order valence-electron chi connectivity index (χ3n) is 2.16. The molecule has 0 heterocycles. The lowest BCUT2D eigenvalue weighted by Gasteiger charge is -2.05. The van der Waals surface area contributed by atoms with E-state index in [1.54, 1.807) is 0 Å². The minimum Gasteiger partial charge on any atom is -0.356 e. The Morgan fingerprint density at radius 2 is 2.00 bits per heavy atom. The van der Waals surface area contributed by atoms with Crippen molar-refractivity contribution in [3.8, 4) is 0 Å². The smallest absolute Gasteiger partial charge is 0.220 e. The van der Waals surface area contributed by atoms with E-state index < -0.39 is 0 Å². The van der Waals surface area contributed by atoms with Crippen molar-refractivity contribution >= 4 is 5.91 Å². The molecule has 0 unspecified atom stereocenters. The third kappa shape index (κ3) is 11.1. The molecule has 0 radical (unpaired) electrons. The molecule has 0 aliphatic carbocycles. The van der Waals surface area contributed by atoms with Crippen molar-refractivity contribution in [3.05, 3.63) is 17.9 Å². The Bertz CT molecular complexity index is 237. The lowest BCUT2D eigenvalue weighted by atomic mass is 10.2. The zero-order valence-corrected chi connectivity index (χ0v) is 10.9. The van der Waals surface area contributed by atoms with E-state index in [0.717, 1.165) is 19.4 Å². The molecule has 0 saturated carbocycles. The Balaban J connectivity index is 3.49. The van der Waals surface area contributed by atoms with Gasteiger partial charge >= 0.3 is 0 Å². The van der Waals surface area contributed by atoms with Crippen molar-refractivity contribution in [2.24, 2.45) is 5.92 Å². The Morgan fingerprint density at radius 3 is 2.62 bits per heavy atom. The molecule has 92 valence electrons. The maximum absolute atomic E-state index is 11.3. The molecule has 0 spiro atoms. The largest absolute Gasteiger partial charge is 0.356 e. The summed E-state index contributed by atoms with van der Waals surface area (Å²) in [6, 6.07) is 0. The predicted octanol–water partition coefficient (Wildman–Crippen LogP) is 3.44. The molecule has 0 bridgehead atoms. The average Bonchev–Trinajstić information content (AvgIpc) is 2.25. The van der Waals surface area contributed by atoms with E-state index in [1.165, 1.54) is 12.8 Å². The number of carbonyl (C=O) groups excluding carboxylic acids is 1. The molecule has 2 heteroatoms. The molecule has 0 aliphatic rings. The number of allylic oxidation sites excluding steroid dienone is 1. The highest BCUT2D eigenvalue weighted by molar-refractivity contribution is 5.75. The number of hydrogen-bond acceptors (Lipinski definition) is 1. The van der Waals surface area contributed by atoms with Gasteiger partial charge in [-0.25, -0.2) is 0 Å². The van der Waals surface area contributed by atoms with Gasteiger partial charge in [-0.1, -0.05) is 27.2 Å². The molecule has 1 N–H and O–H groups in total. The van der Waals surface area contributed by atoms with Gasteiger partial charge in [0.1, 0.15) is 0 Å². The van der Waals surface area contributed by atoms with Crippen molar-refractivity contribution < 1.29 is 4.79 Å². The molecule has 0 aromatic rings. The summed E-state index contributed by atoms with van der Waals surface area (Å²) in [7, 11) is 0. The van der Waals surface area contributed by atoms with Gasteiger partial charge in [0.2, 0.25) is 5.91 Å². The molecule has 0 fully saturated rings. The maximum atomic E-state index is 11.3. The first-order chi connectivity index (χ1) is 7.66. The fourth-order valence-electron chi connectivity index (χ4n) is 1.17. The van der Waals surface area contributed by atoms with Crippen LogP contribution in [0, 0.1) is 5.92 Å². The van der Waals surface area contributed by atoms with Crippen LogP contribution in [0.15, 0.2) is 17.9 Å². The Hall–Kier alpha value is -1.01. The summed E-state index contributed by atoms with van der Waals surface area (Å²) in [5.74, 6) is 0.661. The summed E-state index contributed by atoms with van der Waals surface area (Å²) in [5.41, 5.74) is 3.11. The van der Waals surface area contributed by atoms with Crippen molar-refractivity contribution in [2.45, 2.75) is 52.9 Å². The molecule has 0 aliphatic heterocycles. The highest BCUT2D eigenvalue weighted by atomic mass is 16.1. The number of nitrogens with one attached hydrogen (secondary N) is 1. The second-order valence-electron chi connectivity index (χ2n) is 4.45. The molecule has 0 aromatic carbocycles. The summed E-state index contributed by atoms with van der Waals surface area (Å²) >= 11 is 0. The monoisotopic (exact) mass is 223 g/mol. The SMILES string of the molecule is CCCCC=C=CCCC(=O)NCC(C)C. The minimum atomic E-state index is 0.139. The number of carbonyl (C=O) groups is 1. The normalized spacial score (nSPS) is 9.75. The van der Waals surface area contributed by atoms with Crippen LogP contribution in [0.2, 0.25) is 0 Å². The second kappa shape index (κ2) is 10.5. The van der Waals surface area contributed by atoms with Gasteiger partial charge in [-0.05, 0) is 37.3 Å². The Morgan fingerprint density at radius 1 is 1.31 bits per heavy atom. The molecular weight excluding hydrogens is 198 g/mol. The number of amides is 1. The van der Waals surface area contributed by atoms with Crippen LogP contribution in [-0.2, 0) is 4.79 Å². The van der Waals surface area contributed by atoms with Gasteiger partial charge in [0.15, 0.2) is 0 Å². The average molecular weight is 223 g/mol. The van der Waals surface area contributed by atoms with E-state index in [2.05, 4.69) is 37.9 Å². The van der Waals surface area contributed by atoms with Crippen LogP contribution in [0.25, 0.3) is 0 Å². The first-order valence-corrected chi connectivity index (χ1v) is 6.33. The van der Waals surface area contributed by atoms with Crippen LogP contribution < -0.4 is 5.32 Å². The lowest BCUT2D eigenvalue weighted by molar-refractivity contribution is -0.121. The van der Waals surface area contributed by atoms with Gasteiger partial charge in [0, 0.05) is 13.0 Å². The fraction of sp³-hybridized carbons (Fsp3) is 0.714. The van der Waals surface area contributed by atoms with Gasteiger partial charge in [0.25, 0.3) is 0 Å². The molecule has 0 aromatic heterocycles. The van der Waals surface area contributed by atoms with E-state index in [1.807, 2.05) is 6.08 Å². The topological polar surface area (TPSA) is 29.1 Å². The predicted molar refractivity (Wildman–Crippen MR) is 69.3 cm³/mol. The molecule has 1 amide bonds. The van der Waals surface area contributed by atoms with Crippen LogP contribution in [0.5, 0.6) is 0 Å². The van der Waals surface area contributed by atoms with E-state index in [0.29, 0.717) is 12.3 Å². The molecular formula is C14H25NO. The van der Waals surface area contributed by atoms with E-state index in [4.69, 9.17) is 0 Å². The van der Waals surface area contributed by atoms with Gasteiger partial charge in [-0.15, -0.1) is 5.73 Å². The number of hydrogen-bond donors (Lipinski definition) is 1. The van der Waals surface area contributed by atoms with E-state index in [-0.39, 0.29) is 5.91 Å². The van der Waals surface area contributed by atoms with Gasteiger partial charge in [0.05, 0.1) is 0 Å². The molecule has 0 rings (SSSR count). The van der Waals surface area contributed by atoms with E-state index >= 15 is 0 Å². The highest BCUT2D eigenvalue weighted by Gasteiger charge is 1.99. The standard InChI is InChI=1S/C14H25NO/c1-4-5-6-7-8-9-10-11-14(16)15-12-13(2)3/h7,9,13H,4-6,10-12H2,1-3H3,(H,15,16). The summed E-state index contributed by atoms with van der Waals surface area (Å²) < 4.78 is 0. The number of unbranched alkanes of at least 4 members (excludes halogenated alkanes) is 2. The lowest BCUT2D eigenvalue weighted by Crippen LogP contribution is -2.26. The summed E-state index contributed by atoms with van der Waals surface area (Å²) in [4.78, 5) is 11.3. The first kappa shape index (κ1) is 15.0. The zero-order valence-electron chi connectivity index (χ0n) is 10.9. The zero-order chi connectivity index (χ0) is 12.2. The fourth-order valence-corrected chi connectivity index (χ4v) is 1.17. The van der Waals surface area contributed by atoms with Gasteiger partial charge in [-0.2, -0.15) is 0 Å². The summed E-state index contributed by atoms with van der Waals surface area (Å²) in [5, 5.41) is 2.90. The van der Waals surface area contributed by atoms with Crippen LogP contribution in [0.1, 0.15) is 52.9 Å². The Labute approximate surface area is 99.8 Å². The summed E-state index contributed by atoms with van der Waals surface area (Å²) in [6.07, 6.45) is 8.88. The van der Waals surface area contributed by atoms with Gasteiger partial charge < -0.3 is 5.32 Å². The molecule has 16 heavy (non-hydrogen) atoms. The maximum Gasteiger partial charge on any atom is 0.220 e. The molecule has 0 atom stereocenters. The first-order valence-electron chi connectivity index (χ1n) is 6.33. The third-order valence-corrected chi connectivity index (χ3v) is 2.16. The van der Waals surface area contributed by atoms with Gasteiger partial charge in [-0.3, -0.25) is 4.79 Å². The minimum absolute atomic E-state index is 0.139. The van der Waals surface area contributed by atoms with Crippen LogP contribution in [0.4, 0.5) is 0 Å². The quantitative estimate of drug-likeness (QED) is 0.495. The molecule has 0 saturated heterocycles. The highest BCUT2D eigenvalue weighted by Crippen LogP contribution is 1.95. The summed E-state index contributed by atoms with van der Waals surface area (Å²) in [6.45, 7) is 7.14. The van der Waals surface area contributed by atoms with Crippen molar-refractivity contribution in [3.63, 3.8) is 0 Å². The van der Waals surface area contributed by atoms with E-state index in [9.17, 15) is 4.79 Å². The second-order valence-corrected chi connectivity index (χ2v) is 4.45.